The van der Waals surface area contributed by atoms with Gasteiger partial charge in [0, 0.05) is 12.3 Å². The van der Waals surface area contributed by atoms with Gasteiger partial charge >= 0.3 is 11.9 Å². The zero-order valence-corrected chi connectivity index (χ0v) is 18.7. The van der Waals surface area contributed by atoms with E-state index in [2.05, 4.69) is 33.9 Å². The zero-order valence-electron chi connectivity index (χ0n) is 18.7. The Hall–Kier alpha value is -2.73. The second-order valence-corrected chi connectivity index (χ2v) is 9.19. The molecule has 1 saturated carbocycles. The average Bonchev–Trinajstić information content (AvgIpc) is 2.68. The number of hydrogen-bond donors (Lipinski definition) is 1. The number of hydrogen-bond acceptors (Lipinski definition) is 6. The molecule has 0 saturated heterocycles. The Labute approximate surface area is 183 Å². The quantitative estimate of drug-likeness (QED) is 0.406. The van der Waals surface area contributed by atoms with Crippen LogP contribution in [0.2, 0.25) is 0 Å². The molecule has 1 aliphatic carbocycles. The van der Waals surface area contributed by atoms with Gasteiger partial charge in [-0.2, -0.15) is 0 Å². The normalized spacial score (nSPS) is 26.1. The summed E-state index contributed by atoms with van der Waals surface area (Å²) in [4.78, 5) is 38.7. The van der Waals surface area contributed by atoms with E-state index in [9.17, 15) is 19.5 Å². The first-order chi connectivity index (χ1) is 14.4. The van der Waals surface area contributed by atoms with Crippen molar-refractivity contribution in [3.63, 3.8) is 0 Å². The molecule has 4 atom stereocenters. The summed E-state index contributed by atoms with van der Waals surface area (Å²) in [5.41, 5.74) is -0.140. The lowest BCUT2D eigenvalue weighted by atomic mass is 9.61. The second kappa shape index (κ2) is 9.60. The Kier molecular flexibility index (Phi) is 7.60. The molecule has 0 heterocycles. The van der Waals surface area contributed by atoms with Gasteiger partial charge in [-0.1, -0.05) is 70.3 Å². The van der Waals surface area contributed by atoms with Crippen molar-refractivity contribution in [2.75, 3.05) is 13.2 Å². The summed E-state index contributed by atoms with van der Waals surface area (Å²) in [7, 11) is 0. The first-order valence-electron chi connectivity index (χ1n) is 10.3. The molecule has 168 valence electrons. The number of benzene rings is 1. The molecule has 2 rings (SSSR count). The van der Waals surface area contributed by atoms with Crippen LogP contribution in [0.3, 0.4) is 0 Å². The molecule has 6 heteroatoms. The molecule has 0 aliphatic heterocycles. The van der Waals surface area contributed by atoms with Gasteiger partial charge in [0.15, 0.2) is 5.78 Å². The Morgan fingerprint density at radius 2 is 1.61 bits per heavy atom. The van der Waals surface area contributed by atoms with Gasteiger partial charge in [-0.05, 0) is 23.5 Å². The maximum absolute atomic E-state index is 13.0. The third kappa shape index (κ3) is 5.50. The first-order valence-corrected chi connectivity index (χ1v) is 10.3. The number of rotatable bonds is 7. The standard InChI is InChI=1S/C25H32O6/c1-7-13-30-22(27)20-18(26)15-25(6,29)21(23(28)31-14-8-2)19(20)16-9-11-17(12-10-16)24(3,4)5/h7-12,19-21,29H,1-2,13-15H2,3-6H3/t19-,20+,21+,25+/m0/s1. The van der Waals surface area contributed by atoms with Crippen LogP contribution in [-0.2, 0) is 29.3 Å². The molecule has 1 fully saturated rings. The van der Waals surface area contributed by atoms with Crippen molar-refractivity contribution >= 4 is 17.7 Å². The average molecular weight is 429 g/mol. The van der Waals surface area contributed by atoms with Crippen LogP contribution < -0.4 is 0 Å². The molecule has 0 radical (unpaired) electrons. The summed E-state index contributed by atoms with van der Waals surface area (Å²) in [6, 6.07) is 7.39. The summed E-state index contributed by atoms with van der Waals surface area (Å²) in [5.74, 6) is -5.21. The number of Topliss-reactive ketones (excluding diaryl/α,β-unsaturated/α-hetero) is 1. The molecule has 1 N–H and O–H groups in total. The van der Waals surface area contributed by atoms with Crippen LogP contribution in [0, 0.1) is 11.8 Å². The monoisotopic (exact) mass is 428 g/mol. The van der Waals surface area contributed by atoms with Gasteiger partial charge in [-0.25, -0.2) is 0 Å². The highest BCUT2D eigenvalue weighted by molar-refractivity contribution is 6.02. The Morgan fingerprint density at radius 3 is 2.10 bits per heavy atom. The summed E-state index contributed by atoms with van der Waals surface area (Å²) in [5, 5.41) is 11.0. The van der Waals surface area contributed by atoms with Crippen molar-refractivity contribution in [2.24, 2.45) is 11.8 Å². The lowest BCUT2D eigenvalue weighted by Gasteiger charge is -2.43. The summed E-state index contributed by atoms with van der Waals surface area (Å²) in [6.07, 6.45) is 2.47. The van der Waals surface area contributed by atoms with Crippen LogP contribution in [0.25, 0.3) is 0 Å². The van der Waals surface area contributed by atoms with Gasteiger partial charge in [-0.15, -0.1) is 0 Å². The van der Waals surface area contributed by atoms with E-state index in [4.69, 9.17) is 9.47 Å². The minimum Gasteiger partial charge on any atom is -0.461 e. The molecule has 0 unspecified atom stereocenters. The van der Waals surface area contributed by atoms with E-state index in [1.54, 1.807) is 12.1 Å². The highest BCUT2D eigenvalue weighted by atomic mass is 16.5. The fraction of sp³-hybridized carbons (Fsp3) is 0.480. The van der Waals surface area contributed by atoms with Crippen molar-refractivity contribution in [1.29, 1.82) is 0 Å². The summed E-state index contributed by atoms with van der Waals surface area (Å²) in [6.45, 7) is 14.6. The van der Waals surface area contributed by atoms with E-state index in [0.717, 1.165) is 5.56 Å². The highest BCUT2D eigenvalue weighted by Gasteiger charge is 2.57. The number of carbonyl (C=O) groups is 3. The topological polar surface area (TPSA) is 89.9 Å². The second-order valence-electron chi connectivity index (χ2n) is 9.19. The van der Waals surface area contributed by atoms with Crippen LogP contribution in [0.15, 0.2) is 49.6 Å². The predicted octanol–water partition coefficient (Wildman–Crippen LogP) is 3.48. The fourth-order valence-corrected chi connectivity index (χ4v) is 4.08. The lowest BCUT2D eigenvalue weighted by Crippen LogP contribution is -2.55. The minimum absolute atomic E-state index is 0.0411. The van der Waals surface area contributed by atoms with E-state index in [1.165, 1.54) is 19.1 Å². The number of carbonyl (C=O) groups excluding carboxylic acids is 3. The molecule has 1 aliphatic rings. The third-order valence-electron chi connectivity index (χ3n) is 5.62. The van der Waals surface area contributed by atoms with Crippen LogP contribution in [0.1, 0.15) is 51.2 Å². The van der Waals surface area contributed by atoms with Crippen LogP contribution >= 0.6 is 0 Å². The SMILES string of the molecule is C=CCOC(=O)[C@@H]1C(=O)C[C@@](C)(O)[C@@H](C(=O)OCC=C)[C@H]1c1ccc(C(C)(C)C)cc1. The van der Waals surface area contributed by atoms with Crippen molar-refractivity contribution in [2.45, 2.75) is 51.0 Å². The molecule has 0 amide bonds. The molecule has 0 aromatic heterocycles. The van der Waals surface area contributed by atoms with Crippen LogP contribution in [0.5, 0.6) is 0 Å². The molecule has 0 bridgehead atoms. The molecule has 1 aromatic rings. The molecule has 1 aromatic carbocycles. The van der Waals surface area contributed by atoms with E-state index in [1.807, 2.05) is 12.1 Å². The molecule has 31 heavy (non-hydrogen) atoms. The fourth-order valence-electron chi connectivity index (χ4n) is 4.08. The van der Waals surface area contributed by atoms with E-state index in [-0.39, 0.29) is 25.0 Å². The van der Waals surface area contributed by atoms with Crippen molar-refractivity contribution in [3.8, 4) is 0 Å². The molecule has 6 nitrogen and oxygen atoms in total. The van der Waals surface area contributed by atoms with E-state index < -0.39 is 41.1 Å². The van der Waals surface area contributed by atoms with Crippen LogP contribution in [-0.4, -0.2) is 41.6 Å². The number of ketones is 1. The predicted molar refractivity (Wildman–Crippen MR) is 117 cm³/mol. The van der Waals surface area contributed by atoms with Crippen molar-refractivity contribution in [3.05, 3.63) is 60.7 Å². The maximum atomic E-state index is 13.0. The van der Waals surface area contributed by atoms with Gasteiger partial charge in [0.2, 0.25) is 0 Å². The Morgan fingerprint density at radius 1 is 1.10 bits per heavy atom. The van der Waals surface area contributed by atoms with Gasteiger partial charge in [0.25, 0.3) is 0 Å². The Bertz CT molecular complexity index is 844. The number of ether oxygens (including phenoxy) is 2. The van der Waals surface area contributed by atoms with E-state index >= 15 is 0 Å². The summed E-state index contributed by atoms with van der Waals surface area (Å²) < 4.78 is 10.4. The largest absolute Gasteiger partial charge is 0.461 e. The Balaban J connectivity index is 2.60. The van der Waals surface area contributed by atoms with Crippen LogP contribution in [0.4, 0.5) is 0 Å². The van der Waals surface area contributed by atoms with Crippen molar-refractivity contribution < 1.29 is 29.0 Å². The summed E-state index contributed by atoms with van der Waals surface area (Å²) >= 11 is 0. The van der Waals surface area contributed by atoms with Gasteiger partial charge in [0.1, 0.15) is 19.1 Å². The lowest BCUT2D eigenvalue weighted by molar-refractivity contribution is -0.171. The van der Waals surface area contributed by atoms with E-state index in [0.29, 0.717) is 5.56 Å². The van der Waals surface area contributed by atoms with Crippen molar-refractivity contribution in [1.82, 2.24) is 0 Å². The van der Waals surface area contributed by atoms with Gasteiger partial charge in [-0.3, -0.25) is 14.4 Å². The maximum Gasteiger partial charge on any atom is 0.317 e. The number of esters is 2. The molecule has 0 spiro atoms. The van der Waals surface area contributed by atoms with Gasteiger partial charge in [0.05, 0.1) is 11.5 Å². The number of aliphatic hydroxyl groups is 1. The smallest absolute Gasteiger partial charge is 0.317 e. The minimum atomic E-state index is -1.68. The molecular weight excluding hydrogens is 396 g/mol. The first kappa shape index (κ1) is 24.5. The molecular formula is C25H32O6. The van der Waals surface area contributed by atoms with Gasteiger partial charge < -0.3 is 14.6 Å². The highest BCUT2D eigenvalue weighted by Crippen LogP contribution is 2.47. The third-order valence-corrected chi connectivity index (χ3v) is 5.62. The zero-order chi connectivity index (χ0) is 23.4.